The molecule has 0 spiro atoms. The summed E-state index contributed by atoms with van der Waals surface area (Å²) in [6, 6.07) is 9.82. The van der Waals surface area contributed by atoms with Crippen LogP contribution in [0.3, 0.4) is 0 Å². The Kier molecular flexibility index (Phi) is 4.94. The van der Waals surface area contributed by atoms with E-state index in [0.717, 1.165) is 16.3 Å². The van der Waals surface area contributed by atoms with Crippen molar-refractivity contribution in [3.05, 3.63) is 52.0 Å². The third-order valence-corrected chi connectivity index (χ3v) is 5.15. The number of amides is 2. The molecule has 1 atom stereocenters. The third kappa shape index (κ3) is 3.64. The molecule has 24 heavy (non-hydrogen) atoms. The molecule has 1 aliphatic rings. The van der Waals surface area contributed by atoms with Crippen molar-refractivity contribution in [2.45, 2.75) is 26.3 Å². The summed E-state index contributed by atoms with van der Waals surface area (Å²) in [5, 5.41) is 2.91. The summed E-state index contributed by atoms with van der Waals surface area (Å²) in [7, 11) is 0. The molecule has 126 valence electrons. The molecule has 0 radical (unpaired) electrons. The Morgan fingerprint density at radius 3 is 2.62 bits per heavy atom. The van der Waals surface area contributed by atoms with Gasteiger partial charge in [-0.2, -0.15) is 0 Å². The van der Waals surface area contributed by atoms with Crippen molar-refractivity contribution < 1.29 is 9.59 Å². The Morgan fingerprint density at radius 1 is 1.25 bits per heavy atom. The second-order valence-electron chi connectivity index (χ2n) is 6.01. The number of benzene rings is 1. The molecule has 1 aliphatic heterocycles. The van der Waals surface area contributed by atoms with Gasteiger partial charge in [0.15, 0.2) is 0 Å². The number of rotatable bonds is 3. The van der Waals surface area contributed by atoms with Crippen LogP contribution in [-0.2, 0) is 16.0 Å². The highest BCUT2D eigenvalue weighted by atomic mass is 32.1. The van der Waals surface area contributed by atoms with Crippen molar-refractivity contribution in [1.29, 1.82) is 0 Å². The van der Waals surface area contributed by atoms with E-state index < -0.39 is 0 Å². The second-order valence-corrected chi connectivity index (χ2v) is 7.08. The molecular weight excluding hydrogens is 322 g/mol. The van der Waals surface area contributed by atoms with E-state index in [2.05, 4.69) is 4.98 Å². The SMILES string of the molecule is CC(=O)N1CCN(C(=O)Cc2csc(C)n2)[C@H](c2ccccc2)C1. The number of hydrogen-bond donors (Lipinski definition) is 0. The van der Waals surface area contributed by atoms with Crippen molar-refractivity contribution in [3.8, 4) is 0 Å². The third-order valence-electron chi connectivity index (χ3n) is 4.33. The van der Waals surface area contributed by atoms with Crippen LogP contribution >= 0.6 is 11.3 Å². The van der Waals surface area contributed by atoms with Crippen molar-refractivity contribution in [1.82, 2.24) is 14.8 Å². The molecule has 0 saturated carbocycles. The highest BCUT2D eigenvalue weighted by molar-refractivity contribution is 7.09. The smallest absolute Gasteiger partial charge is 0.229 e. The highest BCUT2D eigenvalue weighted by Gasteiger charge is 2.32. The van der Waals surface area contributed by atoms with E-state index in [9.17, 15) is 9.59 Å². The van der Waals surface area contributed by atoms with E-state index in [-0.39, 0.29) is 17.9 Å². The van der Waals surface area contributed by atoms with E-state index in [1.165, 1.54) is 0 Å². The minimum absolute atomic E-state index is 0.0538. The minimum Gasteiger partial charge on any atom is -0.339 e. The van der Waals surface area contributed by atoms with Crippen LogP contribution < -0.4 is 0 Å². The first kappa shape index (κ1) is 16.6. The fourth-order valence-electron chi connectivity index (χ4n) is 3.07. The lowest BCUT2D eigenvalue weighted by atomic mass is 10.0. The minimum atomic E-state index is -0.101. The van der Waals surface area contributed by atoms with Gasteiger partial charge in [0, 0.05) is 31.9 Å². The van der Waals surface area contributed by atoms with Crippen LogP contribution in [0.25, 0.3) is 0 Å². The molecule has 6 heteroatoms. The lowest BCUT2D eigenvalue weighted by molar-refractivity contribution is -0.141. The van der Waals surface area contributed by atoms with Gasteiger partial charge < -0.3 is 9.80 Å². The van der Waals surface area contributed by atoms with Gasteiger partial charge in [0.05, 0.1) is 23.2 Å². The quantitative estimate of drug-likeness (QED) is 0.860. The first-order valence-corrected chi connectivity index (χ1v) is 8.93. The van der Waals surface area contributed by atoms with E-state index in [1.807, 2.05) is 52.4 Å². The van der Waals surface area contributed by atoms with Crippen LogP contribution in [-0.4, -0.2) is 46.2 Å². The Labute approximate surface area is 145 Å². The summed E-state index contributed by atoms with van der Waals surface area (Å²) >= 11 is 1.56. The zero-order chi connectivity index (χ0) is 17.1. The monoisotopic (exact) mass is 343 g/mol. The molecule has 0 unspecified atom stereocenters. The van der Waals surface area contributed by atoms with Crippen molar-refractivity contribution in [3.63, 3.8) is 0 Å². The van der Waals surface area contributed by atoms with E-state index in [1.54, 1.807) is 18.3 Å². The maximum atomic E-state index is 12.8. The van der Waals surface area contributed by atoms with Gasteiger partial charge in [0.2, 0.25) is 11.8 Å². The summed E-state index contributed by atoms with van der Waals surface area (Å²) in [6.07, 6.45) is 0.313. The average molecular weight is 343 g/mol. The van der Waals surface area contributed by atoms with Crippen LogP contribution in [0.15, 0.2) is 35.7 Å². The summed E-state index contributed by atoms with van der Waals surface area (Å²) in [5.41, 5.74) is 1.88. The van der Waals surface area contributed by atoms with Gasteiger partial charge in [-0.3, -0.25) is 9.59 Å². The number of aromatic nitrogens is 1. The van der Waals surface area contributed by atoms with E-state index >= 15 is 0 Å². The molecule has 2 heterocycles. The molecule has 0 N–H and O–H groups in total. The van der Waals surface area contributed by atoms with E-state index in [4.69, 9.17) is 0 Å². The number of carbonyl (C=O) groups excluding carboxylic acids is 2. The largest absolute Gasteiger partial charge is 0.339 e. The number of aryl methyl sites for hydroxylation is 1. The highest BCUT2D eigenvalue weighted by Crippen LogP contribution is 2.26. The van der Waals surface area contributed by atoms with Crippen LogP contribution in [0.1, 0.15) is 29.2 Å². The average Bonchev–Trinajstić information content (AvgIpc) is 3.00. The number of carbonyl (C=O) groups is 2. The molecule has 0 aliphatic carbocycles. The van der Waals surface area contributed by atoms with Crippen LogP contribution in [0, 0.1) is 6.92 Å². The summed E-state index contributed by atoms with van der Waals surface area (Å²) in [6.45, 7) is 5.21. The Morgan fingerprint density at radius 2 is 2.00 bits per heavy atom. The summed E-state index contributed by atoms with van der Waals surface area (Å²) in [5.74, 6) is 0.121. The zero-order valence-electron chi connectivity index (χ0n) is 13.9. The van der Waals surface area contributed by atoms with Gasteiger partial charge in [0.25, 0.3) is 0 Å². The molecular formula is C18H21N3O2S. The van der Waals surface area contributed by atoms with Crippen LogP contribution in [0.5, 0.6) is 0 Å². The lowest BCUT2D eigenvalue weighted by Crippen LogP contribution is -2.52. The van der Waals surface area contributed by atoms with Crippen molar-refractivity contribution >= 4 is 23.2 Å². The van der Waals surface area contributed by atoms with Crippen LogP contribution in [0.4, 0.5) is 0 Å². The molecule has 5 nitrogen and oxygen atoms in total. The number of hydrogen-bond acceptors (Lipinski definition) is 4. The number of nitrogens with zero attached hydrogens (tertiary/aromatic N) is 3. The first-order valence-electron chi connectivity index (χ1n) is 8.05. The predicted molar refractivity (Wildman–Crippen MR) is 93.7 cm³/mol. The van der Waals surface area contributed by atoms with Gasteiger partial charge in [-0.05, 0) is 12.5 Å². The lowest BCUT2D eigenvalue weighted by Gasteiger charge is -2.41. The Hall–Kier alpha value is -2.21. The maximum absolute atomic E-state index is 12.8. The van der Waals surface area contributed by atoms with Gasteiger partial charge >= 0.3 is 0 Å². The fourth-order valence-corrected chi connectivity index (χ4v) is 3.69. The molecule has 2 amide bonds. The molecule has 2 aromatic rings. The number of piperazine rings is 1. The van der Waals surface area contributed by atoms with Crippen LogP contribution in [0.2, 0.25) is 0 Å². The maximum Gasteiger partial charge on any atom is 0.229 e. The molecule has 0 bridgehead atoms. The summed E-state index contributed by atoms with van der Waals surface area (Å²) in [4.78, 5) is 32.7. The first-order chi connectivity index (χ1) is 11.5. The van der Waals surface area contributed by atoms with Gasteiger partial charge in [-0.1, -0.05) is 30.3 Å². The summed E-state index contributed by atoms with van der Waals surface area (Å²) < 4.78 is 0. The predicted octanol–water partition coefficient (Wildman–Crippen LogP) is 2.43. The Bertz CT molecular complexity index is 729. The molecule has 1 saturated heterocycles. The normalized spacial score (nSPS) is 17.8. The van der Waals surface area contributed by atoms with Gasteiger partial charge in [0.1, 0.15) is 0 Å². The molecule has 1 fully saturated rings. The van der Waals surface area contributed by atoms with Crippen molar-refractivity contribution in [2.75, 3.05) is 19.6 Å². The number of thiazole rings is 1. The molecule has 3 rings (SSSR count). The zero-order valence-corrected chi connectivity index (χ0v) is 14.8. The fraction of sp³-hybridized carbons (Fsp3) is 0.389. The molecule has 1 aromatic heterocycles. The standard InChI is InChI=1S/C18H21N3O2S/c1-13-19-16(12-24-13)10-18(23)21-9-8-20(14(2)22)11-17(21)15-6-4-3-5-7-15/h3-7,12,17H,8-11H2,1-2H3/t17-/m0/s1. The van der Waals surface area contributed by atoms with Crippen molar-refractivity contribution in [2.24, 2.45) is 0 Å². The van der Waals surface area contributed by atoms with Gasteiger partial charge in [-0.25, -0.2) is 4.98 Å². The topological polar surface area (TPSA) is 53.5 Å². The van der Waals surface area contributed by atoms with E-state index in [0.29, 0.717) is 26.1 Å². The Balaban J connectivity index is 1.81. The second kappa shape index (κ2) is 7.13. The van der Waals surface area contributed by atoms with Gasteiger partial charge in [-0.15, -0.1) is 11.3 Å². The molecule has 1 aromatic carbocycles.